The Morgan fingerprint density at radius 2 is 1.87 bits per heavy atom. The maximum atomic E-state index is 13.3. The van der Waals surface area contributed by atoms with Gasteiger partial charge in [-0.25, -0.2) is 22.7 Å². The van der Waals surface area contributed by atoms with E-state index in [1.807, 2.05) is 0 Å². The van der Waals surface area contributed by atoms with Crippen molar-refractivity contribution in [2.45, 2.75) is 43.0 Å². The van der Waals surface area contributed by atoms with Crippen LogP contribution in [-0.2, 0) is 14.8 Å². The van der Waals surface area contributed by atoms with Gasteiger partial charge in [-0.05, 0) is 56.4 Å². The quantitative estimate of drug-likeness (QED) is 0.749. The Balaban J connectivity index is 1.52. The van der Waals surface area contributed by atoms with E-state index >= 15 is 0 Å². The van der Waals surface area contributed by atoms with Gasteiger partial charge in [0.2, 0.25) is 15.9 Å². The number of benzene rings is 1. The standard InChI is InChI=1S/C19H24FN5O4S/c20-14-6-8-15(9-7-14)30(28,29)24-10-3-4-13(12-24)18(26)25-11-2-1-5-16(25)17-21-19(27)23-22-17/h6-9,13,16H,1-5,10-12H2,(H2,21,22,23,27)/t13-,16-/m0/s1. The molecular weight excluding hydrogens is 413 g/mol. The van der Waals surface area contributed by atoms with Gasteiger partial charge in [-0.1, -0.05) is 0 Å². The molecule has 2 atom stereocenters. The number of hydrogen-bond donors (Lipinski definition) is 2. The van der Waals surface area contributed by atoms with Gasteiger partial charge in [-0.15, -0.1) is 0 Å². The van der Waals surface area contributed by atoms with Gasteiger partial charge < -0.3 is 4.90 Å². The Morgan fingerprint density at radius 1 is 1.10 bits per heavy atom. The molecule has 162 valence electrons. The van der Waals surface area contributed by atoms with Crippen LogP contribution in [0, 0.1) is 11.7 Å². The van der Waals surface area contributed by atoms with Crippen LogP contribution in [0.1, 0.15) is 44.0 Å². The van der Waals surface area contributed by atoms with Crippen molar-refractivity contribution in [1.29, 1.82) is 0 Å². The van der Waals surface area contributed by atoms with Crippen molar-refractivity contribution in [3.63, 3.8) is 0 Å². The molecule has 0 radical (unpaired) electrons. The lowest BCUT2D eigenvalue weighted by Gasteiger charge is -2.39. The highest BCUT2D eigenvalue weighted by atomic mass is 32.2. The Hall–Kier alpha value is -2.53. The van der Waals surface area contributed by atoms with E-state index in [-0.39, 0.29) is 23.4 Å². The molecule has 30 heavy (non-hydrogen) atoms. The molecule has 2 aliphatic heterocycles. The molecule has 0 bridgehead atoms. The normalized spacial score (nSPS) is 23.4. The molecular formula is C19H24FN5O4S. The maximum Gasteiger partial charge on any atom is 0.340 e. The van der Waals surface area contributed by atoms with Gasteiger partial charge in [0.15, 0.2) is 5.82 Å². The topological polar surface area (TPSA) is 119 Å². The lowest BCUT2D eigenvalue weighted by Crippen LogP contribution is -2.48. The maximum absolute atomic E-state index is 13.3. The van der Waals surface area contributed by atoms with Crippen LogP contribution in [0.4, 0.5) is 4.39 Å². The summed E-state index contributed by atoms with van der Waals surface area (Å²) >= 11 is 0. The Morgan fingerprint density at radius 3 is 2.57 bits per heavy atom. The lowest BCUT2D eigenvalue weighted by atomic mass is 9.94. The van der Waals surface area contributed by atoms with Crippen LogP contribution in [0.5, 0.6) is 0 Å². The SMILES string of the molecule is O=C([C@H]1CCCN(S(=O)(=O)c2ccc(F)cc2)C1)N1CCCC[C@H]1c1n[nH]c(=O)[nH]1. The molecule has 9 nitrogen and oxygen atoms in total. The van der Waals surface area contributed by atoms with E-state index in [0.29, 0.717) is 38.2 Å². The van der Waals surface area contributed by atoms with Crippen molar-refractivity contribution in [1.82, 2.24) is 24.4 Å². The molecule has 11 heteroatoms. The zero-order valence-electron chi connectivity index (χ0n) is 16.4. The minimum absolute atomic E-state index is 0.0157. The third-order valence-electron chi connectivity index (χ3n) is 5.81. The van der Waals surface area contributed by atoms with Gasteiger partial charge in [0.05, 0.1) is 16.9 Å². The largest absolute Gasteiger partial charge is 0.340 e. The first-order chi connectivity index (χ1) is 14.4. The summed E-state index contributed by atoms with van der Waals surface area (Å²) in [6, 6.07) is 4.38. The second kappa shape index (κ2) is 8.31. The van der Waals surface area contributed by atoms with Crippen LogP contribution in [-0.4, -0.2) is 58.3 Å². The zero-order valence-corrected chi connectivity index (χ0v) is 17.2. The van der Waals surface area contributed by atoms with Crippen molar-refractivity contribution in [3.05, 3.63) is 46.4 Å². The molecule has 0 unspecified atom stereocenters. The monoisotopic (exact) mass is 437 g/mol. The highest BCUT2D eigenvalue weighted by molar-refractivity contribution is 7.89. The number of nitrogens with one attached hydrogen (secondary N) is 2. The fourth-order valence-corrected chi connectivity index (χ4v) is 5.80. The highest BCUT2D eigenvalue weighted by Crippen LogP contribution is 2.32. The number of halogens is 1. The molecule has 2 aromatic rings. The van der Waals surface area contributed by atoms with Crippen molar-refractivity contribution >= 4 is 15.9 Å². The van der Waals surface area contributed by atoms with Crippen LogP contribution in [0.3, 0.4) is 0 Å². The van der Waals surface area contributed by atoms with Gasteiger partial charge in [0, 0.05) is 19.6 Å². The van der Waals surface area contributed by atoms with Gasteiger partial charge in [-0.2, -0.15) is 9.40 Å². The minimum Gasteiger partial charge on any atom is -0.332 e. The fourth-order valence-electron chi connectivity index (χ4n) is 4.27. The number of carbonyl (C=O) groups excluding carboxylic acids is 1. The van der Waals surface area contributed by atoms with Crippen LogP contribution in [0.2, 0.25) is 0 Å². The third kappa shape index (κ3) is 4.04. The van der Waals surface area contributed by atoms with E-state index in [1.165, 1.54) is 16.4 Å². The molecule has 2 fully saturated rings. The Labute approximate surface area is 173 Å². The van der Waals surface area contributed by atoms with Gasteiger partial charge in [0.1, 0.15) is 5.82 Å². The summed E-state index contributed by atoms with van der Waals surface area (Å²) < 4.78 is 40.4. The van der Waals surface area contributed by atoms with Crippen LogP contribution >= 0.6 is 0 Å². The number of sulfonamides is 1. The molecule has 2 N–H and O–H groups in total. The molecule has 3 heterocycles. The first kappa shape index (κ1) is 20.7. The second-order valence-electron chi connectivity index (χ2n) is 7.76. The number of aromatic nitrogens is 3. The summed E-state index contributed by atoms with van der Waals surface area (Å²) in [6.07, 6.45) is 3.61. The number of likely N-dealkylation sites (tertiary alicyclic amines) is 1. The van der Waals surface area contributed by atoms with Crippen molar-refractivity contribution in [3.8, 4) is 0 Å². The van der Waals surface area contributed by atoms with Gasteiger partial charge in [-0.3, -0.25) is 9.78 Å². The summed E-state index contributed by atoms with van der Waals surface area (Å²) in [7, 11) is -3.81. The van der Waals surface area contributed by atoms with E-state index in [1.54, 1.807) is 4.90 Å². The fraction of sp³-hybridized carbons (Fsp3) is 0.526. The summed E-state index contributed by atoms with van der Waals surface area (Å²) in [5.74, 6) is -0.671. The average Bonchev–Trinajstić information content (AvgIpc) is 3.20. The third-order valence-corrected chi connectivity index (χ3v) is 7.69. The second-order valence-corrected chi connectivity index (χ2v) is 9.70. The number of H-pyrrole nitrogens is 2. The summed E-state index contributed by atoms with van der Waals surface area (Å²) in [6.45, 7) is 0.943. The lowest BCUT2D eigenvalue weighted by molar-refractivity contribution is -0.140. The van der Waals surface area contributed by atoms with E-state index < -0.39 is 27.4 Å². The summed E-state index contributed by atoms with van der Waals surface area (Å²) in [5.41, 5.74) is -0.419. The van der Waals surface area contributed by atoms with Crippen molar-refractivity contribution < 1.29 is 17.6 Å². The molecule has 1 aromatic heterocycles. The number of hydrogen-bond acceptors (Lipinski definition) is 5. The molecule has 0 aliphatic carbocycles. The predicted octanol–water partition coefficient (Wildman–Crippen LogP) is 1.39. The molecule has 2 aliphatic rings. The molecule has 1 aromatic carbocycles. The number of amides is 1. The molecule has 0 saturated carbocycles. The van der Waals surface area contributed by atoms with Gasteiger partial charge in [0.25, 0.3) is 0 Å². The number of nitrogens with zero attached hydrogens (tertiary/aromatic N) is 3. The summed E-state index contributed by atoms with van der Waals surface area (Å²) in [4.78, 5) is 29.1. The first-order valence-electron chi connectivity index (χ1n) is 10.1. The molecule has 1 amide bonds. The Bertz CT molecular complexity index is 1070. The van der Waals surface area contributed by atoms with Crippen molar-refractivity contribution in [2.75, 3.05) is 19.6 Å². The number of aromatic amines is 2. The van der Waals surface area contributed by atoms with E-state index in [9.17, 15) is 22.4 Å². The molecule has 0 spiro atoms. The Kier molecular flexibility index (Phi) is 5.74. The smallest absolute Gasteiger partial charge is 0.332 e. The minimum atomic E-state index is -3.81. The van der Waals surface area contributed by atoms with Crippen LogP contribution < -0.4 is 5.69 Å². The highest BCUT2D eigenvalue weighted by Gasteiger charge is 2.38. The molecule has 4 rings (SSSR count). The van der Waals surface area contributed by atoms with Crippen LogP contribution in [0.15, 0.2) is 34.0 Å². The van der Waals surface area contributed by atoms with Crippen LogP contribution in [0.25, 0.3) is 0 Å². The number of carbonyl (C=O) groups is 1. The number of piperidine rings is 2. The van der Waals surface area contributed by atoms with Crippen molar-refractivity contribution in [2.24, 2.45) is 5.92 Å². The van der Waals surface area contributed by atoms with Gasteiger partial charge >= 0.3 is 5.69 Å². The molecule has 2 saturated heterocycles. The summed E-state index contributed by atoms with van der Waals surface area (Å²) in [5, 5.41) is 6.34. The predicted molar refractivity (Wildman–Crippen MR) is 105 cm³/mol. The number of rotatable bonds is 4. The van der Waals surface area contributed by atoms with E-state index in [2.05, 4.69) is 15.2 Å². The first-order valence-corrected chi connectivity index (χ1v) is 11.5. The van der Waals surface area contributed by atoms with E-state index in [4.69, 9.17) is 0 Å². The van der Waals surface area contributed by atoms with E-state index in [0.717, 1.165) is 25.0 Å². The average molecular weight is 437 g/mol. The zero-order chi connectivity index (χ0) is 21.3.